The molecule has 0 saturated heterocycles. The van der Waals surface area contributed by atoms with E-state index in [0.717, 1.165) is 21.8 Å². The molecule has 21 heavy (non-hydrogen) atoms. The lowest BCUT2D eigenvalue weighted by Gasteiger charge is -2.05. The normalized spacial score (nSPS) is 11.2. The third-order valence-corrected chi connectivity index (χ3v) is 3.74. The number of rotatable bonds is 1. The molecule has 0 radical (unpaired) electrons. The highest BCUT2D eigenvalue weighted by molar-refractivity contribution is 6.04. The van der Waals surface area contributed by atoms with Gasteiger partial charge in [0.15, 0.2) is 0 Å². The molecule has 0 aliphatic carbocycles. The van der Waals surface area contributed by atoms with Crippen LogP contribution in [0.2, 0.25) is 0 Å². The average Bonchev–Trinajstić information content (AvgIpc) is 3.11. The smallest absolute Gasteiger partial charge is 0.262 e. The number of nitrogen functional groups attached to an aromatic ring is 1. The third-order valence-electron chi connectivity index (χ3n) is 3.74. The van der Waals surface area contributed by atoms with E-state index in [0.29, 0.717) is 11.3 Å². The molecule has 4 rings (SSSR count). The second-order valence-corrected chi connectivity index (χ2v) is 5.09. The molecule has 2 aromatic carbocycles. The standard InChI is InChI=1S/C17H13N3O/c18-14-3-4-16-12(9-14)6-8-20(16)17(21)13-2-1-11-5-7-19-15(11)10-13/h1-10,19H,18H2. The zero-order valence-corrected chi connectivity index (χ0v) is 11.2. The van der Waals surface area contributed by atoms with Gasteiger partial charge < -0.3 is 10.7 Å². The predicted molar refractivity (Wildman–Crippen MR) is 84.4 cm³/mol. The maximum atomic E-state index is 12.7. The fourth-order valence-electron chi connectivity index (χ4n) is 2.66. The molecule has 4 nitrogen and oxygen atoms in total. The van der Waals surface area contributed by atoms with E-state index in [1.807, 2.05) is 48.7 Å². The molecule has 0 saturated carbocycles. The van der Waals surface area contributed by atoms with Gasteiger partial charge in [0.2, 0.25) is 0 Å². The molecule has 4 heteroatoms. The maximum Gasteiger partial charge on any atom is 0.262 e. The van der Waals surface area contributed by atoms with Gasteiger partial charge in [0, 0.05) is 34.5 Å². The lowest BCUT2D eigenvalue weighted by atomic mass is 10.1. The van der Waals surface area contributed by atoms with Crippen LogP contribution >= 0.6 is 0 Å². The summed E-state index contributed by atoms with van der Waals surface area (Å²) >= 11 is 0. The zero-order chi connectivity index (χ0) is 14.4. The van der Waals surface area contributed by atoms with Crippen LogP contribution in [-0.4, -0.2) is 15.5 Å². The van der Waals surface area contributed by atoms with Crippen LogP contribution in [-0.2, 0) is 0 Å². The van der Waals surface area contributed by atoms with Crippen LogP contribution in [0.15, 0.2) is 60.9 Å². The minimum atomic E-state index is -0.0497. The monoisotopic (exact) mass is 275 g/mol. The van der Waals surface area contributed by atoms with Gasteiger partial charge in [-0.25, -0.2) is 0 Å². The van der Waals surface area contributed by atoms with Gasteiger partial charge >= 0.3 is 0 Å². The molecule has 0 amide bonds. The van der Waals surface area contributed by atoms with Gasteiger partial charge in [-0.15, -0.1) is 0 Å². The number of benzene rings is 2. The molecule has 2 heterocycles. The minimum absolute atomic E-state index is 0.0497. The minimum Gasteiger partial charge on any atom is -0.399 e. The quantitative estimate of drug-likeness (QED) is 0.523. The summed E-state index contributed by atoms with van der Waals surface area (Å²) in [6.07, 6.45) is 3.65. The molecule has 0 atom stereocenters. The van der Waals surface area contributed by atoms with Crippen molar-refractivity contribution >= 4 is 33.4 Å². The first-order valence-electron chi connectivity index (χ1n) is 6.71. The molecule has 3 N–H and O–H groups in total. The lowest BCUT2D eigenvalue weighted by Crippen LogP contribution is -2.10. The Bertz CT molecular complexity index is 978. The van der Waals surface area contributed by atoms with E-state index in [9.17, 15) is 4.79 Å². The van der Waals surface area contributed by atoms with Crippen molar-refractivity contribution < 1.29 is 4.79 Å². The van der Waals surface area contributed by atoms with Gasteiger partial charge in [0.25, 0.3) is 5.91 Å². The highest BCUT2D eigenvalue weighted by Crippen LogP contribution is 2.21. The van der Waals surface area contributed by atoms with Crippen molar-refractivity contribution in [2.75, 3.05) is 5.73 Å². The van der Waals surface area contributed by atoms with Crippen LogP contribution in [0.25, 0.3) is 21.8 Å². The summed E-state index contributed by atoms with van der Waals surface area (Å²) in [5.41, 5.74) is 8.94. The molecule has 102 valence electrons. The number of aromatic amines is 1. The van der Waals surface area contributed by atoms with Crippen molar-refractivity contribution in [2.24, 2.45) is 0 Å². The van der Waals surface area contributed by atoms with Crippen molar-refractivity contribution in [3.63, 3.8) is 0 Å². The largest absolute Gasteiger partial charge is 0.399 e. The van der Waals surface area contributed by atoms with E-state index < -0.39 is 0 Å². The fourth-order valence-corrected chi connectivity index (χ4v) is 2.66. The van der Waals surface area contributed by atoms with Gasteiger partial charge in [-0.1, -0.05) is 6.07 Å². The van der Waals surface area contributed by atoms with Crippen molar-refractivity contribution in [2.45, 2.75) is 0 Å². The molecule has 0 aliphatic rings. The highest BCUT2D eigenvalue weighted by atomic mass is 16.2. The number of anilines is 1. The topological polar surface area (TPSA) is 63.8 Å². The van der Waals surface area contributed by atoms with Crippen LogP contribution in [0, 0.1) is 0 Å². The number of carbonyl (C=O) groups excluding carboxylic acids is 1. The number of nitrogens with two attached hydrogens (primary N) is 1. The molecule has 0 fully saturated rings. The molecule has 0 spiro atoms. The summed E-state index contributed by atoms with van der Waals surface area (Å²) in [6.45, 7) is 0. The number of hydrogen-bond donors (Lipinski definition) is 2. The third kappa shape index (κ3) is 1.80. The van der Waals surface area contributed by atoms with Crippen molar-refractivity contribution in [3.05, 3.63) is 66.5 Å². The molecule has 4 aromatic rings. The molecule has 0 aliphatic heterocycles. The Morgan fingerprint density at radius 1 is 1.00 bits per heavy atom. The lowest BCUT2D eigenvalue weighted by molar-refractivity contribution is 0.0965. The maximum absolute atomic E-state index is 12.7. The Balaban J connectivity index is 1.85. The summed E-state index contributed by atoms with van der Waals surface area (Å²) in [5, 5.41) is 2.06. The van der Waals surface area contributed by atoms with Crippen LogP contribution in [0.3, 0.4) is 0 Å². The summed E-state index contributed by atoms with van der Waals surface area (Å²) in [6, 6.07) is 15.1. The Hall–Kier alpha value is -3.01. The highest BCUT2D eigenvalue weighted by Gasteiger charge is 2.12. The van der Waals surface area contributed by atoms with Gasteiger partial charge in [-0.05, 0) is 47.9 Å². The number of fused-ring (bicyclic) bond motifs is 2. The Morgan fingerprint density at radius 2 is 1.90 bits per heavy atom. The van der Waals surface area contributed by atoms with E-state index in [4.69, 9.17) is 5.73 Å². The first-order valence-corrected chi connectivity index (χ1v) is 6.71. The number of H-pyrrole nitrogens is 1. The second-order valence-electron chi connectivity index (χ2n) is 5.09. The molecule has 0 bridgehead atoms. The fraction of sp³-hybridized carbons (Fsp3) is 0. The first-order chi connectivity index (χ1) is 10.2. The summed E-state index contributed by atoms with van der Waals surface area (Å²) in [5.74, 6) is -0.0497. The zero-order valence-electron chi connectivity index (χ0n) is 11.2. The Morgan fingerprint density at radius 3 is 2.81 bits per heavy atom. The Labute approximate surface area is 120 Å². The number of carbonyl (C=O) groups is 1. The second kappa shape index (κ2) is 4.24. The van der Waals surface area contributed by atoms with Crippen molar-refractivity contribution in [3.8, 4) is 0 Å². The molecule has 0 unspecified atom stereocenters. The van der Waals surface area contributed by atoms with Crippen LogP contribution in [0.1, 0.15) is 10.4 Å². The van der Waals surface area contributed by atoms with Crippen LogP contribution in [0.5, 0.6) is 0 Å². The summed E-state index contributed by atoms with van der Waals surface area (Å²) < 4.78 is 1.65. The number of nitrogens with one attached hydrogen (secondary N) is 1. The summed E-state index contributed by atoms with van der Waals surface area (Å²) in [7, 11) is 0. The van der Waals surface area contributed by atoms with Crippen molar-refractivity contribution in [1.82, 2.24) is 9.55 Å². The predicted octanol–water partition coefficient (Wildman–Crippen LogP) is 3.39. The number of hydrogen-bond acceptors (Lipinski definition) is 2. The van der Waals surface area contributed by atoms with Gasteiger partial charge in [0.05, 0.1) is 5.52 Å². The SMILES string of the molecule is Nc1ccc2c(ccn2C(=O)c2ccc3cc[nH]c3c2)c1. The molecular weight excluding hydrogens is 262 g/mol. The van der Waals surface area contributed by atoms with E-state index in [1.165, 1.54) is 0 Å². The molecule has 2 aromatic heterocycles. The van der Waals surface area contributed by atoms with Crippen LogP contribution < -0.4 is 5.73 Å². The van der Waals surface area contributed by atoms with E-state index in [2.05, 4.69) is 4.98 Å². The van der Waals surface area contributed by atoms with Crippen LogP contribution in [0.4, 0.5) is 5.69 Å². The van der Waals surface area contributed by atoms with Gasteiger partial charge in [-0.3, -0.25) is 9.36 Å². The van der Waals surface area contributed by atoms with E-state index >= 15 is 0 Å². The van der Waals surface area contributed by atoms with Gasteiger partial charge in [-0.2, -0.15) is 0 Å². The number of aromatic nitrogens is 2. The molecular formula is C17H13N3O. The van der Waals surface area contributed by atoms with E-state index in [1.54, 1.807) is 16.8 Å². The number of nitrogens with zero attached hydrogens (tertiary/aromatic N) is 1. The van der Waals surface area contributed by atoms with E-state index in [-0.39, 0.29) is 5.91 Å². The summed E-state index contributed by atoms with van der Waals surface area (Å²) in [4.78, 5) is 15.8. The van der Waals surface area contributed by atoms with Crippen molar-refractivity contribution in [1.29, 1.82) is 0 Å². The Kier molecular flexibility index (Phi) is 2.38. The van der Waals surface area contributed by atoms with Gasteiger partial charge in [0.1, 0.15) is 0 Å². The first kappa shape index (κ1) is 11.8. The average molecular weight is 275 g/mol.